The molecule has 25 heavy (non-hydrogen) atoms. The molecule has 1 saturated heterocycles. The number of piperidine rings is 1. The molecule has 1 aliphatic rings. The number of anilines is 1. The quantitative estimate of drug-likeness (QED) is 0.879. The lowest BCUT2D eigenvalue weighted by molar-refractivity contribution is 0.281. The topological polar surface area (TPSA) is 49.4 Å². The Bertz CT molecular complexity index is 822. The maximum absolute atomic E-state index is 13.6. The number of sulfonamides is 1. The van der Waals surface area contributed by atoms with Gasteiger partial charge in [0.2, 0.25) is 10.0 Å². The van der Waals surface area contributed by atoms with Crippen LogP contribution in [0.4, 0.5) is 10.1 Å². The van der Waals surface area contributed by atoms with Crippen LogP contribution in [0.5, 0.6) is 0 Å². The minimum atomic E-state index is -3.44. The Balaban J connectivity index is 1.68. The first-order valence-electron chi connectivity index (χ1n) is 8.54. The summed E-state index contributed by atoms with van der Waals surface area (Å²) in [7, 11) is -3.44. The zero-order valence-corrected chi connectivity index (χ0v) is 15.1. The third-order valence-electron chi connectivity index (χ3n) is 4.55. The summed E-state index contributed by atoms with van der Waals surface area (Å²) in [5.41, 5.74) is 1.33. The molecule has 0 radical (unpaired) electrons. The second-order valence-electron chi connectivity index (χ2n) is 6.58. The fourth-order valence-electron chi connectivity index (χ4n) is 3.10. The SMILES string of the molecule is CC1CCCN(S(=O)(=O)c2ccc(NCc3ccccc3F)cc2)C1. The van der Waals surface area contributed by atoms with Crippen LogP contribution in [0.3, 0.4) is 0 Å². The molecule has 2 aromatic carbocycles. The highest BCUT2D eigenvalue weighted by atomic mass is 32.2. The normalized spacial score (nSPS) is 18.9. The van der Waals surface area contributed by atoms with E-state index in [4.69, 9.17) is 0 Å². The van der Waals surface area contributed by atoms with Crippen LogP contribution in [0, 0.1) is 11.7 Å². The molecule has 1 fully saturated rings. The standard InChI is InChI=1S/C19H23FN2O2S/c1-15-5-4-12-22(14-15)25(23,24)18-10-8-17(9-11-18)21-13-16-6-2-3-7-19(16)20/h2-3,6-11,15,21H,4-5,12-14H2,1H3. The van der Waals surface area contributed by atoms with Crippen LogP contribution < -0.4 is 5.32 Å². The van der Waals surface area contributed by atoms with Gasteiger partial charge >= 0.3 is 0 Å². The van der Waals surface area contributed by atoms with Gasteiger partial charge < -0.3 is 5.32 Å². The van der Waals surface area contributed by atoms with Crippen LogP contribution in [0.1, 0.15) is 25.3 Å². The number of hydrogen-bond acceptors (Lipinski definition) is 3. The summed E-state index contributed by atoms with van der Waals surface area (Å²) in [4.78, 5) is 0.304. The molecule has 0 spiro atoms. The van der Waals surface area contributed by atoms with Crippen molar-refractivity contribution in [2.24, 2.45) is 5.92 Å². The van der Waals surface area contributed by atoms with Crippen molar-refractivity contribution >= 4 is 15.7 Å². The molecule has 1 aliphatic heterocycles. The lowest BCUT2D eigenvalue weighted by Crippen LogP contribution is -2.39. The van der Waals surface area contributed by atoms with Crippen LogP contribution in [-0.4, -0.2) is 25.8 Å². The Morgan fingerprint density at radius 1 is 1.16 bits per heavy atom. The van der Waals surface area contributed by atoms with Crippen molar-refractivity contribution < 1.29 is 12.8 Å². The second kappa shape index (κ2) is 7.54. The Kier molecular flexibility index (Phi) is 5.39. The highest BCUT2D eigenvalue weighted by Gasteiger charge is 2.28. The van der Waals surface area contributed by atoms with Gasteiger partial charge in [0.1, 0.15) is 5.82 Å². The molecule has 3 rings (SSSR count). The molecule has 6 heteroatoms. The summed E-state index contributed by atoms with van der Waals surface area (Å²) in [6.45, 7) is 3.59. The van der Waals surface area contributed by atoms with Crippen LogP contribution in [-0.2, 0) is 16.6 Å². The Morgan fingerprint density at radius 2 is 1.88 bits per heavy atom. The number of benzene rings is 2. The minimum absolute atomic E-state index is 0.256. The van der Waals surface area contributed by atoms with Gasteiger partial charge in [-0.2, -0.15) is 4.31 Å². The molecule has 134 valence electrons. The summed E-state index contributed by atoms with van der Waals surface area (Å²) >= 11 is 0. The van der Waals surface area contributed by atoms with Gasteiger partial charge in [0.05, 0.1) is 4.90 Å². The number of nitrogens with zero attached hydrogens (tertiary/aromatic N) is 1. The van der Waals surface area contributed by atoms with Crippen molar-refractivity contribution in [3.8, 4) is 0 Å². The molecule has 1 heterocycles. The molecule has 0 saturated carbocycles. The van der Waals surface area contributed by atoms with E-state index < -0.39 is 10.0 Å². The van der Waals surface area contributed by atoms with Crippen LogP contribution >= 0.6 is 0 Å². The van der Waals surface area contributed by atoms with Gasteiger partial charge in [0.25, 0.3) is 0 Å². The largest absolute Gasteiger partial charge is 0.381 e. The van der Waals surface area contributed by atoms with E-state index >= 15 is 0 Å². The molecular weight excluding hydrogens is 339 g/mol. The van der Waals surface area contributed by atoms with Crippen LogP contribution in [0.25, 0.3) is 0 Å². The monoisotopic (exact) mass is 362 g/mol. The van der Waals surface area contributed by atoms with Crippen LogP contribution in [0.15, 0.2) is 53.4 Å². The number of hydrogen-bond donors (Lipinski definition) is 1. The Hall–Kier alpha value is -1.92. The first-order chi connectivity index (χ1) is 12.0. The molecule has 0 bridgehead atoms. The van der Waals surface area contributed by atoms with Crippen molar-refractivity contribution in [3.63, 3.8) is 0 Å². The van der Waals surface area contributed by atoms with Gasteiger partial charge in [-0.05, 0) is 49.1 Å². The van der Waals surface area contributed by atoms with Gasteiger partial charge in [0.15, 0.2) is 0 Å². The van der Waals surface area contributed by atoms with Gasteiger partial charge in [-0.3, -0.25) is 0 Å². The summed E-state index contributed by atoms with van der Waals surface area (Å²) in [5.74, 6) is 0.138. The molecule has 1 N–H and O–H groups in total. The molecule has 0 aliphatic carbocycles. The maximum atomic E-state index is 13.6. The van der Waals surface area contributed by atoms with Crippen LogP contribution in [0.2, 0.25) is 0 Å². The summed E-state index contributed by atoms with van der Waals surface area (Å²) < 4.78 is 40.6. The second-order valence-corrected chi connectivity index (χ2v) is 8.52. The van der Waals surface area contributed by atoms with E-state index in [0.29, 0.717) is 36.0 Å². The summed E-state index contributed by atoms with van der Waals surface area (Å²) in [6, 6.07) is 13.2. The maximum Gasteiger partial charge on any atom is 0.243 e. The first-order valence-corrected chi connectivity index (χ1v) is 9.98. The van der Waals surface area contributed by atoms with Gasteiger partial charge in [-0.25, -0.2) is 12.8 Å². The minimum Gasteiger partial charge on any atom is -0.381 e. The summed E-state index contributed by atoms with van der Waals surface area (Å²) in [6.07, 6.45) is 1.98. The van der Waals surface area contributed by atoms with Gasteiger partial charge in [-0.1, -0.05) is 25.1 Å². The highest BCUT2D eigenvalue weighted by Crippen LogP contribution is 2.24. The van der Waals surface area contributed by atoms with Crippen molar-refractivity contribution in [1.82, 2.24) is 4.31 Å². The van der Waals surface area contributed by atoms with Crippen molar-refractivity contribution in [2.45, 2.75) is 31.2 Å². The summed E-state index contributed by atoms with van der Waals surface area (Å²) in [5, 5.41) is 3.12. The molecule has 1 unspecified atom stereocenters. The van der Waals surface area contributed by atoms with E-state index in [1.54, 1.807) is 46.8 Å². The number of halogens is 1. The molecule has 1 atom stereocenters. The van der Waals surface area contributed by atoms with E-state index in [9.17, 15) is 12.8 Å². The third kappa shape index (κ3) is 4.19. The third-order valence-corrected chi connectivity index (χ3v) is 6.43. The molecule has 0 aromatic heterocycles. The van der Waals surface area contributed by atoms with E-state index in [1.165, 1.54) is 6.07 Å². The molecule has 0 amide bonds. The average Bonchev–Trinajstić information content (AvgIpc) is 2.61. The smallest absolute Gasteiger partial charge is 0.243 e. The van der Waals surface area contributed by atoms with Crippen molar-refractivity contribution in [2.75, 3.05) is 18.4 Å². The van der Waals surface area contributed by atoms with Gasteiger partial charge in [0, 0.05) is 30.9 Å². The Labute approximate surface area is 148 Å². The van der Waals surface area contributed by atoms with E-state index in [-0.39, 0.29) is 5.82 Å². The first kappa shape index (κ1) is 17.9. The fourth-order valence-corrected chi connectivity index (χ4v) is 4.70. The predicted molar refractivity (Wildman–Crippen MR) is 97.3 cm³/mol. The predicted octanol–water partition coefficient (Wildman–Crippen LogP) is 3.86. The Morgan fingerprint density at radius 3 is 2.56 bits per heavy atom. The zero-order chi connectivity index (χ0) is 17.9. The fraction of sp³-hybridized carbons (Fsp3) is 0.368. The lowest BCUT2D eigenvalue weighted by atomic mass is 10.0. The molecule has 4 nitrogen and oxygen atoms in total. The van der Waals surface area contributed by atoms with E-state index in [0.717, 1.165) is 18.5 Å². The van der Waals surface area contributed by atoms with Gasteiger partial charge in [-0.15, -0.1) is 0 Å². The van der Waals surface area contributed by atoms with E-state index in [1.807, 2.05) is 0 Å². The van der Waals surface area contributed by atoms with E-state index in [2.05, 4.69) is 12.2 Å². The zero-order valence-electron chi connectivity index (χ0n) is 14.3. The van der Waals surface area contributed by atoms with Crippen molar-refractivity contribution in [3.05, 3.63) is 59.9 Å². The highest BCUT2D eigenvalue weighted by molar-refractivity contribution is 7.89. The number of nitrogens with one attached hydrogen (secondary N) is 1. The lowest BCUT2D eigenvalue weighted by Gasteiger charge is -2.30. The van der Waals surface area contributed by atoms with Crippen molar-refractivity contribution in [1.29, 1.82) is 0 Å². The molecular formula is C19H23FN2O2S. The molecule has 2 aromatic rings. The number of rotatable bonds is 5. The average molecular weight is 362 g/mol.